The number of ether oxygens (including phenoxy) is 1. The van der Waals surface area contributed by atoms with E-state index < -0.39 is 0 Å². The van der Waals surface area contributed by atoms with E-state index in [-0.39, 0.29) is 6.04 Å². The van der Waals surface area contributed by atoms with Crippen molar-refractivity contribution in [1.82, 2.24) is 5.32 Å². The van der Waals surface area contributed by atoms with Crippen LogP contribution < -0.4 is 15.8 Å². The Bertz CT molecular complexity index is 375. The molecule has 0 aliphatic carbocycles. The van der Waals surface area contributed by atoms with Crippen LogP contribution in [0.3, 0.4) is 0 Å². The molecule has 0 bridgehead atoms. The molecule has 0 saturated heterocycles. The monoisotopic (exact) mass is 250 g/mol. The van der Waals surface area contributed by atoms with Crippen LogP contribution in [0.2, 0.25) is 0 Å². The summed E-state index contributed by atoms with van der Waals surface area (Å²) in [5.74, 6) is 1.38. The molecule has 18 heavy (non-hydrogen) atoms. The summed E-state index contributed by atoms with van der Waals surface area (Å²) in [4.78, 5) is 0. The summed E-state index contributed by atoms with van der Waals surface area (Å²) in [6.07, 6.45) is 0. The Labute approximate surface area is 111 Å². The maximum absolute atomic E-state index is 6.20. The molecule has 0 amide bonds. The predicted octanol–water partition coefficient (Wildman–Crippen LogP) is 2.82. The normalized spacial score (nSPS) is 13.1. The third-order valence-corrected chi connectivity index (χ3v) is 3.05. The smallest absolute Gasteiger partial charge is 0.122 e. The van der Waals surface area contributed by atoms with Crippen LogP contribution in [0.5, 0.6) is 5.75 Å². The standard InChI is InChI=1S/C15H26N2O/c1-10(2)13-8-12(6-7-15(13)18-5)14(16)9-17-11(3)4/h6-8,10-11,14,17H,9,16H2,1-5H3. The van der Waals surface area contributed by atoms with Crippen LogP contribution in [-0.4, -0.2) is 19.7 Å². The van der Waals surface area contributed by atoms with Crippen molar-refractivity contribution in [3.8, 4) is 5.75 Å². The Morgan fingerprint density at radius 1 is 1.22 bits per heavy atom. The van der Waals surface area contributed by atoms with Crippen molar-refractivity contribution in [3.05, 3.63) is 29.3 Å². The molecule has 3 nitrogen and oxygen atoms in total. The number of hydrogen-bond donors (Lipinski definition) is 2. The third-order valence-electron chi connectivity index (χ3n) is 3.05. The second-order valence-electron chi connectivity index (χ2n) is 5.33. The fraction of sp³-hybridized carbons (Fsp3) is 0.600. The highest BCUT2D eigenvalue weighted by molar-refractivity contribution is 5.40. The minimum absolute atomic E-state index is 0.0239. The van der Waals surface area contributed by atoms with Gasteiger partial charge < -0.3 is 15.8 Å². The Morgan fingerprint density at radius 3 is 2.39 bits per heavy atom. The van der Waals surface area contributed by atoms with E-state index in [9.17, 15) is 0 Å². The van der Waals surface area contributed by atoms with E-state index >= 15 is 0 Å². The highest BCUT2D eigenvalue weighted by Crippen LogP contribution is 2.28. The topological polar surface area (TPSA) is 47.3 Å². The molecule has 1 aromatic rings. The van der Waals surface area contributed by atoms with Gasteiger partial charge in [0.15, 0.2) is 0 Å². The van der Waals surface area contributed by atoms with Gasteiger partial charge in [0.25, 0.3) is 0 Å². The van der Waals surface area contributed by atoms with E-state index in [2.05, 4.69) is 45.1 Å². The van der Waals surface area contributed by atoms with Crippen LogP contribution in [0.1, 0.15) is 50.8 Å². The Kier molecular flexibility index (Phi) is 5.63. The lowest BCUT2D eigenvalue weighted by molar-refractivity contribution is 0.407. The van der Waals surface area contributed by atoms with Crippen molar-refractivity contribution in [2.75, 3.05) is 13.7 Å². The SMILES string of the molecule is COc1ccc(C(N)CNC(C)C)cc1C(C)C. The number of nitrogens with two attached hydrogens (primary N) is 1. The van der Waals surface area contributed by atoms with Gasteiger partial charge in [-0.15, -0.1) is 0 Å². The molecule has 0 radical (unpaired) electrons. The van der Waals surface area contributed by atoms with Gasteiger partial charge >= 0.3 is 0 Å². The lowest BCUT2D eigenvalue weighted by atomic mass is 9.96. The zero-order chi connectivity index (χ0) is 13.7. The number of methoxy groups -OCH3 is 1. The van der Waals surface area contributed by atoms with Gasteiger partial charge in [0, 0.05) is 18.6 Å². The summed E-state index contributed by atoms with van der Waals surface area (Å²) >= 11 is 0. The van der Waals surface area contributed by atoms with Crippen LogP contribution in [0, 0.1) is 0 Å². The summed E-state index contributed by atoms with van der Waals surface area (Å²) in [6.45, 7) is 9.38. The van der Waals surface area contributed by atoms with Crippen molar-refractivity contribution in [2.24, 2.45) is 5.73 Å². The highest BCUT2D eigenvalue weighted by atomic mass is 16.5. The molecule has 3 N–H and O–H groups in total. The van der Waals surface area contributed by atoms with Crippen molar-refractivity contribution in [2.45, 2.75) is 45.7 Å². The molecule has 1 rings (SSSR count). The summed E-state index contributed by atoms with van der Waals surface area (Å²) in [5, 5.41) is 3.36. The van der Waals surface area contributed by atoms with Crippen LogP contribution in [-0.2, 0) is 0 Å². The molecule has 0 spiro atoms. The molecule has 0 heterocycles. The van der Waals surface area contributed by atoms with Crippen molar-refractivity contribution < 1.29 is 4.74 Å². The maximum Gasteiger partial charge on any atom is 0.122 e. The lowest BCUT2D eigenvalue weighted by Gasteiger charge is -2.18. The first-order chi connectivity index (χ1) is 8.45. The molecular weight excluding hydrogens is 224 g/mol. The van der Waals surface area contributed by atoms with Gasteiger partial charge in [-0.25, -0.2) is 0 Å². The van der Waals surface area contributed by atoms with Crippen LogP contribution in [0.25, 0.3) is 0 Å². The van der Waals surface area contributed by atoms with E-state index in [1.54, 1.807) is 7.11 Å². The summed E-state index contributed by atoms with van der Waals surface area (Å²) in [5.41, 5.74) is 8.58. The first-order valence-electron chi connectivity index (χ1n) is 6.62. The van der Waals surface area contributed by atoms with E-state index in [0.717, 1.165) is 17.9 Å². The molecule has 102 valence electrons. The van der Waals surface area contributed by atoms with Gasteiger partial charge in [-0.3, -0.25) is 0 Å². The quantitative estimate of drug-likeness (QED) is 0.816. The largest absolute Gasteiger partial charge is 0.496 e. The first kappa shape index (κ1) is 15.0. The zero-order valence-corrected chi connectivity index (χ0v) is 12.2. The molecule has 0 aromatic heterocycles. The Hall–Kier alpha value is -1.06. The van der Waals surface area contributed by atoms with Gasteiger partial charge in [0.05, 0.1) is 7.11 Å². The van der Waals surface area contributed by atoms with Crippen LogP contribution in [0.4, 0.5) is 0 Å². The molecule has 3 heteroatoms. The molecular formula is C15H26N2O. The summed E-state index contributed by atoms with van der Waals surface area (Å²) in [6, 6.07) is 6.71. The molecule has 1 atom stereocenters. The van der Waals surface area contributed by atoms with E-state index in [0.29, 0.717) is 12.0 Å². The fourth-order valence-corrected chi connectivity index (χ4v) is 1.92. The average Bonchev–Trinajstić information content (AvgIpc) is 2.34. The van der Waals surface area contributed by atoms with Gasteiger partial charge in [-0.2, -0.15) is 0 Å². The molecule has 0 saturated carbocycles. The van der Waals surface area contributed by atoms with Crippen molar-refractivity contribution >= 4 is 0 Å². The van der Waals surface area contributed by atoms with Gasteiger partial charge in [0.2, 0.25) is 0 Å². The number of nitrogens with one attached hydrogen (secondary N) is 1. The van der Waals surface area contributed by atoms with Crippen LogP contribution >= 0.6 is 0 Å². The second kappa shape index (κ2) is 6.76. The van der Waals surface area contributed by atoms with Crippen molar-refractivity contribution in [1.29, 1.82) is 0 Å². The van der Waals surface area contributed by atoms with E-state index in [1.807, 2.05) is 6.07 Å². The predicted molar refractivity (Wildman–Crippen MR) is 77.2 cm³/mol. The average molecular weight is 250 g/mol. The van der Waals surface area contributed by atoms with Gasteiger partial charge in [-0.1, -0.05) is 39.8 Å². The van der Waals surface area contributed by atoms with Gasteiger partial charge in [-0.05, 0) is 23.1 Å². The molecule has 1 unspecified atom stereocenters. The zero-order valence-electron chi connectivity index (χ0n) is 12.2. The molecule has 0 fully saturated rings. The molecule has 0 aliphatic heterocycles. The lowest BCUT2D eigenvalue weighted by Crippen LogP contribution is -2.31. The number of benzene rings is 1. The van der Waals surface area contributed by atoms with Crippen LogP contribution in [0.15, 0.2) is 18.2 Å². The van der Waals surface area contributed by atoms with E-state index in [1.165, 1.54) is 5.56 Å². The second-order valence-corrected chi connectivity index (χ2v) is 5.33. The maximum atomic E-state index is 6.20. The Morgan fingerprint density at radius 2 is 1.89 bits per heavy atom. The minimum atomic E-state index is 0.0239. The Balaban J connectivity index is 2.86. The minimum Gasteiger partial charge on any atom is -0.496 e. The summed E-state index contributed by atoms with van der Waals surface area (Å²) < 4.78 is 5.38. The highest BCUT2D eigenvalue weighted by Gasteiger charge is 2.12. The van der Waals surface area contributed by atoms with Gasteiger partial charge in [0.1, 0.15) is 5.75 Å². The van der Waals surface area contributed by atoms with Crippen molar-refractivity contribution in [3.63, 3.8) is 0 Å². The van der Waals surface area contributed by atoms with E-state index in [4.69, 9.17) is 10.5 Å². The molecule has 1 aromatic carbocycles. The first-order valence-corrected chi connectivity index (χ1v) is 6.62. The fourth-order valence-electron chi connectivity index (χ4n) is 1.92. The number of hydrogen-bond acceptors (Lipinski definition) is 3. The summed E-state index contributed by atoms with van der Waals surface area (Å²) in [7, 11) is 1.71. The number of rotatable bonds is 6. The molecule has 0 aliphatic rings. The third kappa shape index (κ3) is 4.00.